The van der Waals surface area contributed by atoms with Crippen LogP contribution in [0.2, 0.25) is 0 Å². The second-order valence-electron chi connectivity index (χ2n) is 4.30. The lowest BCUT2D eigenvalue weighted by molar-refractivity contribution is -0.383. The van der Waals surface area contributed by atoms with Crippen LogP contribution in [0.4, 0.5) is 11.4 Å². The largest absolute Gasteiger partial charge is 0.377 e. The predicted molar refractivity (Wildman–Crippen MR) is 72.6 cm³/mol. The molecule has 0 amide bonds. The van der Waals surface area contributed by atoms with E-state index in [0.29, 0.717) is 23.6 Å². The van der Waals surface area contributed by atoms with Crippen LogP contribution >= 0.6 is 0 Å². The normalized spacial score (nSPS) is 10.7. The minimum Gasteiger partial charge on any atom is -0.377 e. The van der Waals surface area contributed by atoms with Crippen molar-refractivity contribution in [3.8, 4) is 0 Å². The van der Waals surface area contributed by atoms with E-state index >= 15 is 0 Å². The first-order valence-electron chi connectivity index (χ1n) is 6.07. The summed E-state index contributed by atoms with van der Waals surface area (Å²) in [5.41, 5.74) is 1.67. The molecule has 0 saturated carbocycles. The average molecular weight is 286 g/mol. The number of aromatic nitrogens is 4. The second-order valence-corrected chi connectivity index (χ2v) is 4.30. The molecule has 0 radical (unpaired) electrons. The Morgan fingerprint density at radius 3 is 2.86 bits per heavy atom. The molecule has 0 unspecified atom stereocenters. The number of non-ortho nitro benzene ring substituents is 1. The van der Waals surface area contributed by atoms with Gasteiger partial charge in [0.2, 0.25) is 5.52 Å². The Bertz CT molecular complexity index is 816. The molecule has 1 aromatic carbocycles. The monoisotopic (exact) mass is 286 g/mol. The lowest BCUT2D eigenvalue weighted by Crippen LogP contribution is -2.04. The van der Waals surface area contributed by atoms with Crippen molar-refractivity contribution in [1.82, 2.24) is 20.3 Å². The summed E-state index contributed by atoms with van der Waals surface area (Å²) in [5.74, 6) is 0.672. The van der Waals surface area contributed by atoms with Gasteiger partial charge < -0.3 is 5.32 Å². The van der Waals surface area contributed by atoms with Crippen LogP contribution in [-0.2, 0) is 6.54 Å². The maximum absolute atomic E-state index is 10.9. The van der Waals surface area contributed by atoms with Crippen molar-refractivity contribution >= 4 is 22.4 Å². The number of anilines is 1. The highest BCUT2D eigenvalue weighted by Gasteiger charge is 2.19. The zero-order valence-corrected chi connectivity index (χ0v) is 11.0. The first kappa shape index (κ1) is 12.9. The summed E-state index contributed by atoms with van der Waals surface area (Å²) in [5, 5.41) is 21.3. The zero-order chi connectivity index (χ0) is 14.8. The summed E-state index contributed by atoms with van der Waals surface area (Å²) < 4.78 is 4.60. The Hall–Kier alpha value is -3.10. The fourth-order valence-corrected chi connectivity index (χ4v) is 1.93. The van der Waals surface area contributed by atoms with Gasteiger partial charge in [0, 0.05) is 12.3 Å². The highest BCUT2D eigenvalue weighted by Crippen LogP contribution is 2.28. The molecule has 9 heteroatoms. The molecule has 106 valence electrons. The lowest BCUT2D eigenvalue weighted by Gasteiger charge is -2.06. The van der Waals surface area contributed by atoms with Crippen LogP contribution in [0.1, 0.15) is 11.5 Å². The van der Waals surface area contributed by atoms with Crippen LogP contribution in [0, 0.1) is 17.0 Å². The molecule has 0 aliphatic carbocycles. The minimum absolute atomic E-state index is 0.115. The summed E-state index contributed by atoms with van der Waals surface area (Å²) in [6, 6.07) is 4.71. The molecule has 0 spiro atoms. The Morgan fingerprint density at radius 1 is 1.29 bits per heavy atom. The van der Waals surface area contributed by atoms with Gasteiger partial charge in [-0.25, -0.2) is 14.6 Å². The van der Waals surface area contributed by atoms with Crippen LogP contribution in [0.25, 0.3) is 11.0 Å². The van der Waals surface area contributed by atoms with Crippen molar-refractivity contribution in [2.75, 3.05) is 5.32 Å². The molecule has 0 bridgehead atoms. The Morgan fingerprint density at radius 2 is 2.10 bits per heavy atom. The molecule has 21 heavy (non-hydrogen) atoms. The number of benzene rings is 1. The van der Waals surface area contributed by atoms with Crippen LogP contribution in [-0.4, -0.2) is 25.2 Å². The topological polar surface area (TPSA) is 120 Å². The van der Waals surface area contributed by atoms with Crippen molar-refractivity contribution < 1.29 is 9.55 Å². The summed E-state index contributed by atoms with van der Waals surface area (Å²) in [7, 11) is 0. The van der Waals surface area contributed by atoms with E-state index in [2.05, 4.69) is 30.2 Å². The molecular formula is C12H10N6O3. The molecule has 0 atom stereocenters. The molecule has 9 nitrogen and oxygen atoms in total. The second kappa shape index (κ2) is 5.12. The van der Waals surface area contributed by atoms with Crippen molar-refractivity contribution in [2.45, 2.75) is 13.5 Å². The third-order valence-electron chi connectivity index (χ3n) is 2.88. The number of nitrogens with one attached hydrogen (secondary N) is 1. The summed E-state index contributed by atoms with van der Waals surface area (Å²) in [6.07, 6.45) is 1.67. The number of nitrogens with zero attached hydrogens (tertiary/aromatic N) is 5. The quantitative estimate of drug-likeness (QED) is 0.569. The van der Waals surface area contributed by atoms with Gasteiger partial charge in [0.25, 0.3) is 0 Å². The van der Waals surface area contributed by atoms with E-state index in [4.69, 9.17) is 0 Å². The Labute approximate surface area is 118 Å². The number of nitro benzene ring substituents is 1. The summed E-state index contributed by atoms with van der Waals surface area (Å²) in [6.45, 7) is 2.23. The van der Waals surface area contributed by atoms with Crippen molar-refractivity contribution in [3.63, 3.8) is 0 Å². The lowest BCUT2D eigenvalue weighted by atomic mass is 10.2. The maximum atomic E-state index is 10.9. The Kier molecular flexibility index (Phi) is 3.14. The number of hydrogen-bond acceptors (Lipinski definition) is 8. The van der Waals surface area contributed by atoms with E-state index in [1.165, 1.54) is 6.07 Å². The molecule has 0 aliphatic rings. The summed E-state index contributed by atoms with van der Waals surface area (Å²) in [4.78, 5) is 18.7. The van der Waals surface area contributed by atoms with Crippen LogP contribution in [0.3, 0.4) is 0 Å². The number of fused-ring (bicyclic) bond motifs is 1. The molecule has 3 aromatic rings. The van der Waals surface area contributed by atoms with Gasteiger partial charge in [0.05, 0.1) is 22.8 Å². The number of hydrogen-bond donors (Lipinski definition) is 1. The van der Waals surface area contributed by atoms with Gasteiger partial charge in [-0.15, -0.1) is 0 Å². The van der Waals surface area contributed by atoms with Gasteiger partial charge in [-0.1, -0.05) is 0 Å². The molecule has 0 fully saturated rings. The molecule has 1 N–H and O–H groups in total. The first-order valence-corrected chi connectivity index (χ1v) is 6.07. The van der Waals surface area contributed by atoms with Gasteiger partial charge in [-0.3, -0.25) is 10.1 Å². The van der Waals surface area contributed by atoms with E-state index in [1.54, 1.807) is 25.3 Å². The summed E-state index contributed by atoms with van der Waals surface area (Å²) >= 11 is 0. The molecule has 0 saturated heterocycles. The van der Waals surface area contributed by atoms with Gasteiger partial charge in [0.1, 0.15) is 5.82 Å². The van der Waals surface area contributed by atoms with Crippen molar-refractivity contribution in [1.29, 1.82) is 0 Å². The molecular weight excluding hydrogens is 276 g/mol. The highest BCUT2D eigenvalue weighted by molar-refractivity contribution is 5.93. The van der Waals surface area contributed by atoms with E-state index in [-0.39, 0.29) is 11.2 Å². The van der Waals surface area contributed by atoms with Crippen LogP contribution in [0.5, 0.6) is 0 Å². The smallest absolute Gasteiger partial charge is 0.300 e. The van der Waals surface area contributed by atoms with Gasteiger partial charge in [-0.05, 0) is 29.4 Å². The Balaban J connectivity index is 1.90. The number of nitro groups is 1. The molecule has 3 rings (SSSR count). The maximum Gasteiger partial charge on any atom is 0.300 e. The standard InChI is InChI=1S/C12H10N6O3/c1-7-13-5-4-8(15-7)6-14-9-2-3-10(18(19)20)12-11(9)16-21-17-12/h2-5,14H,6H2,1H3. The fraction of sp³-hybridized carbons (Fsp3) is 0.167. The average Bonchev–Trinajstić information content (AvgIpc) is 2.94. The number of rotatable bonds is 4. The molecule has 2 heterocycles. The minimum atomic E-state index is -0.524. The predicted octanol–water partition coefficient (Wildman–Crippen LogP) is 1.84. The van der Waals surface area contributed by atoms with Gasteiger partial charge in [-0.2, -0.15) is 0 Å². The van der Waals surface area contributed by atoms with E-state index in [0.717, 1.165) is 5.69 Å². The molecule has 2 aromatic heterocycles. The third-order valence-corrected chi connectivity index (χ3v) is 2.88. The first-order chi connectivity index (χ1) is 10.1. The van der Waals surface area contributed by atoms with Crippen molar-refractivity contribution in [3.05, 3.63) is 46.0 Å². The zero-order valence-electron chi connectivity index (χ0n) is 11.0. The highest BCUT2D eigenvalue weighted by atomic mass is 16.6. The van der Waals surface area contributed by atoms with Crippen LogP contribution in [0.15, 0.2) is 29.0 Å². The third kappa shape index (κ3) is 2.48. The number of aryl methyl sites for hydroxylation is 1. The van der Waals surface area contributed by atoms with E-state index < -0.39 is 4.92 Å². The molecule has 0 aliphatic heterocycles. The fourth-order valence-electron chi connectivity index (χ4n) is 1.93. The SMILES string of the molecule is Cc1nccc(CNc2ccc([N+](=O)[O-])c3nonc23)n1. The van der Waals surface area contributed by atoms with Gasteiger partial charge >= 0.3 is 5.69 Å². The van der Waals surface area contributed by atoms with Crippen molar-refractivity contribution in [2.24, 2.45) is 0 Å². The van der Waals surface area contributed by atoms with Gasteiger partial charge in [0.15, 0.2) is 5.52 Å². The van der Waals surface area contributed by atoms with Crippen LogP contribution < -0.4 is 5.32 Å². The van der Waals surface area contributed by atoms with E-state index in [1.807, 2.05) is 0 Å². The van der Waals surface area contributed by atoms with E-state index in [9.17, 15) is 10.1 Å².